The lowest BCUT2D eigenvalue weighted by Crippen LogP contribution is -2.46. The smallest absolute Gasteiger partial charge is 0.142 e. The predicted molar refractivity (Wildman–Crippen MR) is 90.1 cm³/mol. The largest absolute Gasteiger partial charge is 0.495 e. The van der Waals surface area contributed by atoms with Crippen LogP contribution in [0.3, 0.4) is 0 Å². The molecule has 3 rings (SSSR count). The Kier molecular flexibility index (Phi) is 4.46. The number of ether oxygens (including phenoxy) is 1. The van der Waals surface area contributed by atoms with Crippen molar-refractivity contribution in [2.75, 3.05) is 31.6 Å². The number of anilines is 1. The highest BCUT2D eigenvalue weighted by atomic mass is 79.9. The van der Waals surface area contributed by atoms with Gasteiger partial charge in [0.15, 0.2) is 0 Å². The van der Waals surface area contributed by atoms with Crippen LogP contribution in [0.1, 0.15) is 11.6 Å². The fourth-order valence-electron chi connectivity index (χ4n) is 2.85. The van der Waals surface area contributed by atoms with E-state index in [1.54, 1.807) is 7.11 Å². The van der Waals surface area contributed by atoms with Crippen molar-refractivity contribution in [2.45, 2.75) is 6.04 Å². The summed E-state index contributed by atoms with van der Waals surface area (Å²) in [4.78, 5) is 2.43. The van der Waals surface area contributed by atoms with Gasteiger partial charge in [-0.1, -0.05) is 46.3 Å². The summed E-state index contributed by atoms with van der Waals surface area (Å²) >= 11 is 3.57. The number of methoxy groups -OCH3 is 1. The molecule has 1 heterocycles. The van der Waals surface area contributed by atoms with Gasteiger partial charge >= 0.3 is 0 Å². The van der Waals surface area contributed by atoms with Crippen LogP contribution in [0.5, 0.6) is 5.75 Å². The van der Waals surface area contributed by atoms with Crippen molar-refractivity contribution in [3.8, 4) is 5.75 Å². The van der Waals surface area contributed by atoms with Gasteiger partial charge in [0.1, 0.15) is 5.75 Å². The lowest BCUT2D eigenvalue weighted by molar-refractivity contribution is 0.408. The topological polar surface area (TPSA) is 24.5 Å². The average Bonchev–Trinajstić information content (AvgIpc) is 2.55. The van der Waals surface area contributed by atoms with Crippen LogP contribution in [-0.4, -0.2) is 26.7 Å². The van der Waals surface area contributed by atoms with Crippen molar-refractivity contribution in [2.24, 2.45) is 0 Å². The van der Waals surface area contributed by atoms with E-state index in [1.165, 1.54) is 5.56 Å². The van der Waals surface area contributed by atoms with E-state index in [9.17, 15) is 0 Å². The number of benzene rings is 2. The molecule has 1 fully saturated rings. The predicted octanol–water partition coefficient (Wildman–Crippen LogP) is 3.61. The first-order chi connectivity index (χ1) is 10.3. The van der Waals surface area contributed by atoms with Crippen molar-refractivity contribution in [1.82, 2.24) is 5.32 Å². The third-order valence-electron chi connectivity index (χ3n) is 3.88. The number of nitrogens with zero attached hydrogens (tertiary/aromatic N) is 1. The molecular weight excluding hydrogens is 328 g/mol. The molecule has 0 amide bonds. The lowest BCUT2D eigenvalue weighted by atomic mass is 10.0. The molecule has 21 heavy (non-hydrogen) atoms. The molecule has 1 N–H and O–H groups in total. The van der Waals surface area contributed by atoms with E-state index >= 15 is 0 Å². The third-order valence-corrected chi connectivity index (χ3v) is 4.37. The van der Waals surface area contributed by atoms with Crippen LogP contribution in [0, 0.1) is 0 Å². The van der Waals surface area contributed by atoms with Gasteiger partial charge in [-0.15, -0.1) is 0 Å². The van der Waals surface area contributed by atoms with E-state index in [4.69, 9.17) is 4.74 Å². The van der Waals surface area contributed by atoms with Gasteiger partial charge in [0.05, 0.1) is 18.8 Å². The van der Waals surface area contributed by atoms with E-state index in [0.29, 0.717) is 6.04 Å². The molecule has 2 aromatic carbocycles. The Balaban J connectivity index is 2.00. The Hall–Kier alpha value is -1.52. The van der Waals surface area contributed by atoms with Crippen LogP contribution >= 0.6 is 15.9 Å². The van der Waals surface area contributed by atoms with Crippen LogP contribution < -0.4 is 15.0 Å². The minimum Gasteiger partial charge on any atom is -0.495 e. The molecule has 4 heteroatoms. The standard InChI is InChI=1S/C17H19BrN2O/c1-21-17-8-7-14(18)11-15(17)20-10-9-19-12-16(20)13-5-3-2-4-6-13/h2-8,11,16,19H,9-10,12H2,1H3. The maximum absolute atomic E-state index is 5.55. The van der Waals surface area contributed by atoms with Gasteiger partial charge in [0.2, 0.25) is 0 Å². The zero-order chi connectivity index (χ0) is 14.7. The first-order valence-electron chi connectivity index (χ1n) is 7.15. The van der Waals surface area contributed by atoms with Crippen molar-refractivity contribution in [3.63, 3.8) is 0 Å². The highest BCUT2D eigenvalue weighted by Gasteiger charge is 2.26. The molecule has 0 bridgehead atoms. The first-order valence-corrected chi connectivity index (χ1v) is 7.95. The van der Waals surface area contributed by atoms with Crippen LogP contribution in [0.4, 0.5) is 5.69 Å². The van der Waals surface area contributed by atoms with Crippen LogP contribution in [0.15, 0.2) is 53.0 Å². The van der Waals surface area contributed by atoms with E-state index in [1.807, 2.05) is 12.1 Å². The second-order valence-electron chi connectivity index (χ2n) is 5.14. The number of hydrogen-bond donors (Lipinski definition) is 1. The van der Waals surface area contributed by atoms with Gasteiger partial charge in [-0.05, 0) is 23.8 Å². The van der Waals surface area contributed by atoms with Crippen molar-refractivity contribution in [3.05, 3.63) is 58.6 Å². The molecule has 2 aromatic rings. The molecule has 1 atom stereocenters. The number of rotatable bonds is 3. The minimum atomic E-state index is 0.322. The second-order valence-corrected chi connectivity index (χ2v) is 6.06. The summed E-state index contributed by atoms with van der Waals surface area (Å²) in [6.07, 6.45) is 0. The quantitative estimate of drug-likeness (QED) is 0.918. The van der Waals surface area contributed by atoms with Gasteiger partial charge in [-0.2, -0.15) is 0 Å². The van der Waals surface area contributed by atoms with E-state index in [0.717, 1.165) is 35.5 Å². The fraction of sp³-hybridized carbons (Fsp3) is 0.294. The Morgan fingerprint density at radius 1 is 1.19 bits per heavy atom. The Morgan fingerprint density at radius 3 is 2.76 bits per heavy atom. The zero-order valence-electron chi connectivity index (χ0n) is 12.1. The summed E-state index contributed by atoms with van der Waals surface area (Å²) in [7, 11) is 1.73. The van der Waals surface area contributed by atoms with E-state index < -0.39 is 0 Å². The molecule has 0 saturated carbocycles. The molecular formula is C17H19BrN2O. The van der Waals surface area contributed by atoms with Crippen LogP contribution in [0.25, 0.3) is 0 Å². The summed E-state index contributed by atoms with van der Waals surface area (Å²) in [6.45, 7) is 2.89. The number of hydrogen-bond acceptors (Lipinski definition) is 3. The minimum absolute atomic E-state index is 0.322. The highest BCUT2D eigenvalue weighted by molar-refractivity contribution is 9.10. The molecule has 3 nitrogen and oxygen atoms in total. The first kappa shape index (κ1) is 14.4. The Morgan fingerprint density at radius 2 is 2.00 bits per heavy atom. The Bertz CT molecular complexity index is 603. The number of halogens is 1. The van der Waals surface area contributed by atoms with Crippen molar-refractivity contribution in [1.29, 1.82) is 0 Å². The molecule has 0 spiro atoms. The van der Waals surface area contributed by atoms with Crippen molar-refractivity contribution >= 4 is 21.6 Å². The molecule has 1 aliphatic rings. The molecule has 110 valence electrons. The molecule has 1 unspecified atom stereocenters. The van der Waals surface area contributed by atoms with Crippen LogP contribution in [-0.2, 0) is 0 Å². The lowest BCUT2D eigenvalue weighted by Gasteiger charge is -2.39. The summed E-state index contributed by atoms with van der Waals surface area (Å²) in [6, 6.07) is 17.1. The normalized spacial score (nSPS) is 18.6. The maximum atomic E-state index is 5.55. The van der Waals surface area contributed by atoms with Gasteiger partial charge in [0, 0.05) is 24.1 Å². The summed E-state index contributed by atoms with van der Waals surface area (Å²) in [5.74, 6) is 0.918. The van der Waals surface area contributed by atoms with Gasteiger partial charge < -0.3 is 15.0 Å². The third kappa shape index (κ3) is 3.06. The monoisotopic (exact) mass is 346 g/mol. The molecule has 0 aliphatic carbocycles. The highest BCUT2D eigenvalue weighted by Crippen LogP contribution is 2.36. The molecule has 1 saturated heterocycles. The second kappa shape index (κ2) is 6.50. The summed E-state index contributed by atoms with van der Waals surface area (Å²) < 4.78 is 6.63. The summed E-state index contributed by atoms with van der Waals surface area (Å²) in [5.41, 5.74) is 2.47. The molecule has 1 aliphatic heterocycles. The SMILES string of the molecule is COc1ccc(Br)cc1N1CCNCC1c1ccccc1. The summed E-state index contributed by atoms with van der Waals surface area (Å²) in [5, 5.41) is 3.49. The molecule has 0 aromatic heterocycles. The average molecular weight is 347 g/mol. The van der Waals surface area contributed by atoms with Crippen LogP contribution in [0.2, 0.25) is 0 Å². The molecule has 0 radical (unpaired) electrons. The van der Waals surface area contributed by atoms with Gasteiger partial charge in [-0.25, -0.2) is 0 Å². The maximum Gasteiger partial charge on any atom is 0.142 e. The fourth-order valence-corrected chi connectivity index (χ4v) is 3.20. The Labute approximate surface area is 134 Å². The number of piperazine rings is 1. The van der Waals surface area contributed by atoms with E-state index in [2.05, 4.69) is 62.5 Å². The number of nitrogens with one attached hydrogen (secondary N) is 1. The van der Waals surface area contributed by atoms with E-state index in [-0.39, 0.29) is 0 Å². The van der Waals surface area contributed by atoms with Crippen molar-refractivity contribution < 1.29 is 4.74 Å². The van der Waals surface area contributed by atoms with Gasteiger partial charge in [-0.3, -0.25) is 0 Å². The van der Waals surface area contributed by atoms with Gasteiger partial charge in [0.25, 0.3) is 0 Å². The zero-order valence-corrected chi connectivity index (χ0v) is 13.6.